The number of carbonyl (C=O) groups excluding carboxylic acids is 1. The molecule has 0 atom stereocenters. The van der Waals surface area contributed by atoms with Gasteiger partial charge in [0.2, 0.25) is 0 Å². The number of aryl methyl sites for hydroxylation is 1. The van der Waals surface area contributed by atoms with E-state index in [4.69, 9.17) is 19.0 Å². The molecule has 6 nitrogen and oxygen atoms in total. The minimum absolute atomic E-state index is 0.181. The van der Waals surface area contributed by atoms with Crippen molar-refractivity contribution < 1.29 is 23.8 Å². The van der Waals surface area contributed by atoms with Crippen LogP contribution < -0.4 is 9.47 Å². The van der Waals surface area contributed by atoms with Crippen molar-refractivity contribution in [1.29, 1.82) is 0 Å². The van der Waals surface area contributed by atoms with Crippen LogP contribution >= 0.6 is 0 Å². The number of esters is 1. The second-order valence-electron chi connectivity index (χ2n) is 8.15. The lowest BCUT2D eigenvalue weighted by atomic mass is 9.85. The molecular weight excluding hydrogens is 418 g/mol. The van der Waals surface area contributed by atoms with Crippen LogP contribution in [0, 0.1) is 6.92 Å². The normalized spacial score (nSPS) is 14.3. The van der Waals surface area contributed by atoms with Crippen LogP contribution in [0.3, 0.4) is 0 Å². The average Bonchev–Trinajstić information content (AvgIpc) is 2.81. The highest BCUT2D eigenvalue weighted by Gasteiger charge is 2.26. The lowest BCUT2D eigenvalue weighted by Crippen LogP contribution is -2.24. The van der Waals surface area contributed by atoms with Gasteiger partial charge in [0.25, 0.3) is 0 Å². The van der Waals surface area contributed by atoms with E-state index in [0.29, 0.717) is 31.8 Å². The Labute approximate surface area is 195 Å². The van der Waals surface area contributed by atoms with Crippen molar-refractivity contribution in [3.05, 3.63) is 82.0 Å². The molecule has 174 valence electrons. The monoisotopic (exact) mass is 449 g/mol. The molecule has 0 saturated carbocycles. The molecule has 0 bridgehead atoms. The Balaban J connectivity index is 1.75. The first-order valence-electron chi connectivity index (χ1n) is 10.9. The molecule has 0 spiro atoms. The van der Waals surface area contributed by atoms with Crippen molar-refractivity contribution in [2.24, 2.45) is 5.16 Å². The van der Waals surface area contributed by atoms with Gasteiger partial charge in [-0.2, -0.15) is 0 Å². The van der Waals surface area contributed by atoms with Crippen LogP contribution in [0.1, 0.15) is 37.8 Å². The molecule has 0 fully saturated rings. The van der Waals surface area contributed by atoms with Gasteiger partial charge in [0.15, 0.2) is 5.71 Å². The van der Waals surface area contributed by atoms with Crippen LogP contribution in [0.5, 0.6) is 11.5 Å². The summed E-state index contributed by atoms with van der Waals surface area (Å²) in [6.45, 7) is 7.02. The second-order valence-corrected chi connectivity index (χ2v) is 8.15. The van der Waals surface area contributed by atoms with Crippen LogP contribution in [0.4, 0.5) is 0 Å². The maximum absolute atomic E-state index is 12.3. The number of rotatable bonds is 9. The van der Waals surface area contributed by atoms with Crippen LogP contribution in [0.25, 0.3) is 0 Å². The molecule has 3 rings (SSSR count). The highest BCUT2D eigenvalue weighted by Crippen LogP contribution is 2.32. The van der Waals surface area contributed by atoms with Gasteiger partial charge in [0.05, 0.1) is 7.11 Å². The molecule has 0 N–H and O–H groups in total. The fourth-order valence-corrected chi connectivity index (χ4v) is 3.70. The molecule has 0 unspecified atom stereocenters. The van der Waals surface area contributed by atoms with Gasteiger partial charge >= 0.3 is 5.97 Å². The van der Waals surface area contributed by atoms with E-state index in [2.05, 4.69) is 38.1 Å². The second kappa shape index (κ2) is 11.4. The Bertz CT molecular complexity index is 1100. The summed E-state index contributed by atoms with van der Waals surface area (Å²) in [5.41, 5.74) is 6.73. The number of hydrogen-bond donors (Lipinski definition) is 0. The number of hydrogen-bond acceptors (Lipinski definition) is 6. The summed E-state index contributed by atoms with van der Waals surface area (Å²) in [6.07, 6.45) is 1.30. The SMILES string of the molecule is CO/N=C(\C(=O)OC)C1=C(COc2cccc(OCc3cccc(C)c3)c2)CC(C)=C(C)C1. The van der Waals surface area contributed by atoms with Crippen LogP contribution in [0.2, 0.25) is 0 Å². The molecule has 2 aromatic carbocycles. The van der Waals surface area contributed by atoms with Crippen molar-refractivity contribution >= 4 is 11.7 Å². The van der Waals surface area contributed by atoms with Crippen molar-refractivity contribution in [1.82, 2.24) is 0 Å². The van der Waals surface area contributed by atoms with Crippen LogP contribution in [-0.2, 0) is 21.0 Å². The van der Waals surface area contributed by atoms with Gasteiger partial charge in [0.1, 0.15) is 31.8 Å². The summed E-state index contributed by atoms with van der Waals surface area (Å²) in [6, 6.07) is 15.8. The number of carbonyl (C=O) groups is 1. The minimum atomic E-state index is -0.525. The summed E-state index contributed by atoms with van der Waals surface area (Å²) in [7, 11) is 2.75. The minimum Gasteiger partial charge on any atom is -0.489 e. The third-order valence-corrected chi connectivity index (χ3v) is 5.63. The van der Waals surface area contributed by atoms with E-state index in [9.17, 15) is 4.79 Å². The lowest BCUT2D eigenvalue weighted by molar-refractivity contribution is -0.132. The van der Waals surface area contributed by atoms with Gasteiger partial charge in [-0.05, 0) is 62.5 Å². The first-order valence-corrected chi connectivity index (χ1v) is 10.9. The van der Waals surface area contributed by atoms with Gasteiger partial charge in [-0.1, -0.05) is 52.2 Å². The Morgan fingerprint density at radius 2 is 1.55 bits per heavy atom. The Morgan fingerprint density at radius 3 is 2.21 bits per heavy atom. The van der Waals surface area contributed by atoms with Crippen LogP contribution in [-0.4, -0.2) is 32.5 Å². The van der Waals surface area contributed by atoms with E-state index < -0.39 is 5.97 Å². The molecule has 0 heterocycles. The van der Waals surface area contributed by atoms with E-state index in [1.807, 2.05) is 36.4 Å². The average molecular weight is 450 g/mol. The standard InChI is InChI=1S/C27H31NO5/c1-18-8-6-9-21(12-18)16-32-23-10-7-11-24(15-23)33-17-22-13-19(2)20(3)14-25(22)26(28-31-5)27(29)30-4/h6-12,15H,13-14,16-17H2,1-5H3/b28-26-. The quantitative estimate of drug-likeness (QED) is 0.217. The van der Waals surface area contributed by atoms with Crippen molar-refractivity contribution in [3.63, 3.8) is 0 Å². The first-order chi connectivity index (χ1) is 15.9. The number of ether oxygens (including phenoxy) is 3. The molecule has 33 heavy (non-hydrogen) atoms. The predicted molar refractivity (Wildman–Crippen MR) is 129 cm³/mol. The molecule has 1 aliphatic rings. The summed E-state index contributed by atoms with van der Waals surface area (Å²) in [5.74, 6) is 0.897. The van der Waals surface area contributed by atoms with E-state index in [-0.39, 0.29) is 5.71 Å². The maximum atomic E-state index is 12.3. The zero-order valence-corrected chi connectivity index (χ0v) is 19.9. The highest BCUT2D eigenvalue weighted by atomic mass is 16.6. The molecular formula is C27H31NO5. The summed E-state index contributed by atoms with van der Waals surface area (Å²) >= 11 is 0. The first kappa shape index (κ1) is 24.1. The number of oxime groups is 1. The fraction of sp³-hybridized carbons (Fsp3) is 0.333. The van der Waals surface area contributed by atoms with Gasteiger partial charge in [0, 0.05) is 6.07 Å². The topological polar surface area (TPSA) is 66.4 Å². The van der Waals surface area contributed by atoms with E-state index in [1.165, 1.54) is 30.9 Å². The third-order valence-electron chi connectivity index (χ3n) is 5.63. The smallest absolute Gasteiger partial charge is 0.360 e. The third kappa shape index (κ3) is 6.48. The molecule has 0 aliphatic heterocycles. The summed E-state index contributed by atoms with van der Waals surface area (Å²) in [4.78, 5) is 17.2. The predicted octanol–water partition coefficient (Wildman–Crippen LogP) is 5.56. The summed E-state index contributed by atoms with van der Waals surface area (Å²) < 4.78 is 17.0. The summed E-state index contributed by atoms with van der Waals surface area (Å²) in [5, 5.41) is 3.94. The zero-order valence-electron chi connectivity index (χ0n) is 19.9. The zero-order chi connectivity index (χ0) is 23.8. The molecule has 0 aromatic heterocycles. The number of methoxy groups -OCH3 is 1. The van der Waals surface area contributed by atoms with Gasteiger partial charge in [-0.25, -0.2) is 4.79 Å². The van der Waals surface area contributed by atoms with Crippen molar-refractivity contribution in [2.75, 3.05) is 20.8 Å². The number of benzene rings is 2. The van der Waals surface area contributed by atoms with E-state index in [0.717, 1.165) is 22.5 Å². The van der Waals surface area contributed by atoms with Gasteiger partial charge in [-0.15, -0.1) is 0 Å². The van der Waals surface area contributed by atoms with Gasteiger partial charge < -0.3 is 19.0 Å². The number of nitrogens with zero attached hydrogens (tertiary/aromatic N) is 1. The van der Waals surface area contributed by atoms with E-state index in [1.54, 1.807) is 0 Å². The van der Waals surface area contributed by atoms with Crippen molar-refractivity contribution in [2.45, 2.75) is 40.2 Å². The molecule has 6 heteroatoms. The lowest BCUT2D eigenvalue weighted by Gasteiger charge is -2.23. The molecule has 0 amide bonds. The maximum Gasteiger partial charge on any atom is 0.360 e. The molecule has 2 aromatic rings. The highest BCUT2D eigenvalue weighted by molar-refractivity contribution is 6.43. The number of allylic oxidation sites excluding steroid dienone is 2. The molecule has 0 saturated heterocycles. The van der Waals surface area contributed by atoms with Crippen molar-refractivity contribution in [3.8, 4) is 11.5 Å². The molecule has 0 radical (unpaired) electrons. The van der Waals surface area contributed by atoms with Crippen LogP contribution in [0.15, 0.2) is 76.0 Å². The Kier molecular flexibility index (Phi) is 8.30. The molecule has 1 aliphatic carbocycles. The van der Waals surface area contributed by atoms with Gasteiger partial charge in [-0.3, -0.25) is 0 Å². The Hall–Kier alpha value is -3.54. The fourth-order valence-electron chi connectivity index (χ4n) is 3.70. The Morgan fingerprint density at radius 1 is 0.879 bits per heavy atom. The van der Waals surface area contributed by atoms with E-state index >= 15 is 0 Å². The largest absolute Gasteiger partial charge is 0.489 e.